The molecule has 0 aliphatic heterocycles. The Balaban J connectivity index is 3.20. The van der Waals surface area contributed by atoms with E-state index in [1.807, 2.05) is 0 Å². The molecule has 0 amide bonds. The Labute approximate surface area is 73.3 Å². The number of aromatic nitrogens is 2. The van der Waals surface area contributed by atoms with E-state index in [4.69, 9.17) is 23.2 Å². The molecule has 0 radical (unpaired) electrons. The van der Waals surface area contributed by atoms with Gasteiger partial charge in [-0.2, -0.15) is 0 Å². The van der Waals surface area contributed by atoms with Gasteiger partial charge in [-0.1, -0.05) is 23.2 Å². The summed E-state index contributed by atoms with van der Waals surface area (Å²) >= 11 is 11.1. The second-order valence-electron chi connectivity index (χ2n) is 1.92. The highest BCUT2D eigenvalue weighted by Gasteiger charge is 2.07. The van der Waals surface area contributed by atoms with Crippen LogP contribution >= 0.6 is 23.2 Å². The van der Waals surface area contributed by atoms with Crippen LogP contribution in [0.4, 0.5) is 0 Å². The van der Waals surface area contributed by atoms with Crippen LogP contribution in [0.1, 0.15) is 17.4 Å². The van der Waals surface area contributed by atoms with E-state index in [2.05, 4.69) is 10.2 Å². The summed E-state index contributed by atoms with van der Waals surface area (Å²) in [6.07, 6.45) is 0. The standard InChI is InChI=1S/C6H4Cl2N2O/c1-3(11)6-4(7)2-5(8)9-10-6/h2H,1H3. The molecule has 0 saturated heterocycles. The van der Waals surface area contributed by atoms with Crippen molar-refractivity contribution in [2.45, 2.75) is 6.92 Å². The maximum atomic E-state index is 10.7. The highest BCUT2D eigenvalue weighted by molar-refractivity contribution is 6.35. The van der Waals surface area contributed by atoms with E-state index >= 15 is 0 Å². The average Bonchev–Trinajstić information content (AvgIpc) is 1.85. The minimum atomic E-state index is -0.223. The van der Waals surface area contributed by atoms with Crippen molar-refractivity contribution < 1.29 is 4.79 Å². The van der Waals surface area contributed by atoms with Crippen molar-refractivity contribution in [1.29, 1.82) is 0 Å². The molecular weight excluding hydrogens is 187 g/mol. The van der Waals surface area contributed by atoms with Crippen molar-refractivity contribution in [3.63, 3.8) is 0 Å². The molecule has 0 unspecified atom stereocenters. The summed E-state index contributed by atoms with van der Waals surface area (Å²) in [4.78, 5) is 10.7. The van der Waals surface area contributed by atoms with Gasteiger partial charge >= 0.3 is 0 Å². The van der Waals surface area contributed by atoms with Gasteiger partial charge in [-0.05, 0) is 6.07 Å². The molecule has 0 bridgehead atoms. The summed E-state index contributed by atoms with van der Waals surface area (Å²) in [5.74, 6) is -0.223. The first-order valence-corrected chi connectivity index (χ1v) is 3.56. The number of hydrogen-bond donors (Lipinski definition) is 0. The third-order valence-electron chi connectivity index (χ3n) is 1.05. The molecule has 0 aliphatic carbocycles. The number of nitrogens with zero attached hydrogens (tertiary/aromatic N) is 2. The maximum absolute atomic E-state index is 10.7. The predicted octanol–water partition coefficient (Wildman–Crippen LogP) is 1.99. The first-order chi connectivity index (χ1) is 5.11. The van der Waals surface area contributed by atoms with Crippen molar-refractivity contribution in [3.8, 4) is 0 Å². The lowest BCUT2D eigenvalue weighted by molar-refractivity contribution is 0.101. The topological polar surface area (TPSA) is 42.9 Å². The van der Waals surface area contributed by atoms with Gasteiger partial charge in [0.25, 0.3) is 0 Å². The van der Waals surface area contributed by atoms with Gasteiger partial charge in [0.2, 0.25) is 0 Å². The molecule has 1 aromatic heterocycles. The van der Waals surface area contributed by atoms with Gasteiger partial charge in [0.05, 0.1) is 5.02 Å². The predicted molar refractivity (Wildman–Crippen MR) is 42.1 cm³/mol. The maximum Gasteiger partial charge on any atom is 0.181 e. The number of hydrogen-bond acceptors (Lipinski definition) is 3. The third kappa shape index (κ3) is 1.88. The monoisotopic (exact) mass is 190 g/mol. The second kappa shape index (κ2) is 3.15. The Kier molecular flexibility index (Phi) is 2.42. The second-order valence-corrected chi connectivity index (χ2v) is 2.71. The fourth-order valence-corrected chi connectivity index (χ4v) is 1.06. The smallest absolute Gasteiger partial charge is 0.181 e. The summed E-state index contributed by atoms with van der Waals surface area (Å²) in [6.45, 7) is 1.36. The summed E-state index contributed by atoms with van der Waals surface area (Å²) in [6, 6.07) is 1.38. The molecule has 11 heavy (non-hydrogen) atoms. The normalized spacial score (nSPS) is 9.73. The Morgan fingerprint density at radius 2 is 2.09 bits per heavy atom. The molecule has 0 aromatic carbocycles. The minimum absolute atomic E-state index is 0.149. The van der Waals surface area contributed by atoms with Crippen LogP contribution in [0.25, 0.3) is 0 Å². The Morgan fingerprint density at radius 3 is 2.55 bits per heavy atom. The van der Waals surface area contributed by atoms with Crippen LogP contribution < -0.4 is 0 Å². The number of ketones is 1. The van der Waals surface area contributed by atoms with Gasteiger partial charge in [0.15, 0.2) is 10.9 Å². The van der Waals surface area contributed by atoms with Crippen molar-refractivity contribution in [2.24, 2.45) is 0 Å². The van der Waals surface area contributed by atoms with Crippen LogP contribution in [-0.4, -0.2) is 16.0 Å². The van der Waals surface area contributed by atoms with Gasteiger partial charge in [-0.3, -0.25) is 4.79 Å². The Hall–Kier alpha value is -0.670. The molecule has 0 N–H and O–H groups in total. The van der Waals surface area contributed by atoms with Crippen molar-refractivity contribution in [1.82, 2.24) is 10.2 Å². The molecule has 1 aromatic rings. The molecule has 0 aliphatic rings. The average molecular weight is 191 g/mol. The molecule has 58 valence electrons. The zero-order valence-corrected chi connectivity index (χ0v) is 7.15. The lowest BCUT2D eigenvalue weighted by Gasteiger charge is -1.95. The van der Waals surface area contributed by atoms with Crippen LogP contribution in [-0.2, 0) is 0 Å². The summed E-state index contributed by atoms with van der Waals surface area (Å²) in [5.41, 5.74) is 0.149. The number of rotatable bonds is 1. The van der Waals surface area contributed by atoms with E-state index in [9.17, 15) is 4.79 Å². The molecule has 5 heteroatoms. The summed E-state index contributed by atoms with van der Waals surface area (Å²) in [5, 5.41) is 7.40. The SMILES string of the molecule is CC(=O)c1nnc(Cl)cc1Cl. The van der Waals surface area contributed by atoms with E-state index in [0.29, 0.717) is 0 Å². The molecule has 0 atom stereocenters. The molecule has 1 heterocycles. The number of Topliss-reactive ketones (excluding diaryl/α,β-unsaturated/α-hetero) is 1. The van der Waals surface area contributed by atoms with Crippen LogP contribution in [0.2, 0.25) is 10.2 Å². The van der Waals surface area contributed by atoms with Crippen molar-refractivity contribution in [3.05, 3.63) is 21.9 Å². The lowest BCUT2D eigenvalue weighted by atomic mass is 10.3. The molecular formula is C6H4Cl2N2O. The fourth-order valence-electron chi connectivity index (χ4n) is 0.586. The van der Waals surface area contributed by atoms with Crippen LogP contribution in [0.15, 0.2) is 6.07 Å². The molecule has 3 nitrogen and oxygen atoms in total. The molecule has 0 saturated carbocycles. The van der Waals surface area contributed by atoms with E-state index < -0.39 is 0 Å². The van der Waals surface area contributed by atoms with E-state index in [1.54, 1.807) is 0 Å². The van der Waals surface area contributed by atoms with Crippen LogP contribution in [0, 0.1) is 0 Å². The largest absolute Gasteiger partial charge is 0.293 e. The first kappa shape index (κ1) is 8.43. The van der Waals surface area contributed by atoms with E-state index in [1.165, 1.54) is 13.0 Å². The van der Waals surface area contributed by atoms with E-state index in [0.717, 1.165) is 0 Å². The molecule has 1 rings (SSSR count). The van der Waals surface area contributed by atoms with E-state index in [-0.39, 0.29) is 21.7 Å². The summed E-state index contributed by atoms with van der Waals surface area (Å²) < 4.78 is 0. The van der Waals surface area contributed by atoms with Gasteiger partial charge in [-0.25, -0.2) is 0 Å². The number of carbonyl (C=O) groups excluding carboxylic acids is 1. The molecule has 0 spiro atoms. The molecule has 0 fully saturated rings. The lowest BCUT2D eigenvalue weighted by Crippen LogP contribution is -1.99. The summed E-state index contributed by atoms with van der Waals surface area (Å²) in [7, 11) is 0. The number of halogens is 2. The van der Waals surface area contributed by atoms with Crippen molar-refractivity contribution >= 4 is 29.0 Å². The zero-order valence-electron chi connectivity index (χ0n) is 5.64. The van der Waals surface area contributed by atoms with Gasteiger partial charge in [-0.15, -0.1) is 10.2 Å². The highest BCUT2D eigenvalue weighted by Crippen LogP contribution is 2.16. The van der Waals surface area contributed by atoms with Crippen molar-refractivity contribution in [2.75, 3.05) is 0 Å². The van der Waals surface area contributed by atoms with Crippen LogP contribution in [0.5, 0.6) is 0 Å². The minimum Gasteiger partial charge on any atom is -0.293 e. The highest BCUT2D eigenvalue weighted by atomic mass is 35.5. The number of carbonyl (C=O) groups is 1. The van der Waals surface area contributed by atoms with Crippen LogP contribution in [0.3, 0.4) is 0 Å². The first-order valence-electron chi connectivity index (χ1n) is 2.81. The Bertz CT molecular complexity index is 301. The fraction of sp³-hybridized carbons (Fsp3) is 0.167. The third-order valence-corrected chi connectivity index (χ3v) is 1.52. The zero-order chi connectivity index (χ0) is 8.43. The Morgan fingerprint density at radius 1 is 1.45 bits per heavy atom. The quantitative estimate of drug-likeness (QED) is 0.637. The van der Waals surface area contributed by atoms with Gasteiger partial charge in [0.1, 0.15) is 5.69 Å². The van der Waals surface area contributed by atoms with Gasteiger partial charge in [0, 0.05) is 6.92 Å². The van der Waals surface area contributed by atoms with Gasteiger partial charge < -0.3 is 0 Å².